The quantitative estimate of drug-likeness (QED) is 0.823. The number of nitrogens with one attached hydrogen (secondary N) is 1. The molecule has 1 aliphatic rings. The van der Waals surface area contributed by atoms with Gasteiger partial charge in [0, 0.05) is 29.9 Å². The summed E-state index contributed by atoms with van der Waals surface area (Å²) in [4.78, 5) is 26.5. The summed E-state index contributed by atoms with van der Waals surface area (Å²) in [7, 11) is 0. The third kappa shape index (κ3) is 3.98. The SMILES string of the molecule is CCCn1c(C)c(CC(=O)NCc2snnc2C)c2c1CC(C)(C)CC2=O. The van der Waals surface area contributed by atoms with Crippen LogP contribution >= 0.6 is 11.5 Å². The maximum Gasteiger partial charge on any atom is 0.224 e. The van der Waals surface area contributed by atoms with Gasteiger partial charge in [0.25, 0.3) is 0 Å². The number of carbonyl (C=O) groups is 2. The smallest absolute Gasteiger partial charge is 0.224 e. The number of nitrogens with zero attached hydrogens (tertiary/aromatic N) is 3. The number of carbonyl (C=O) groups excluding carboxylic acids is 2. The van der Waals surface area contributed by atoms with E-state index in [9.17, 15) is 9.59 Å². The molecule has 1 N–H and O–H groups in total. The van der Waals surface area contributed by atoms with E-state index in [0.717, 1.165) is 52.5 Å². The molecule has 2 aromatic heterocycles. The van der Waals surface area contributed by atoms with Gasteiger partial charge in [0.05, 0.1) is 23.5 Å². The average Bonchev–Trinajstić information content (AvgIpc) is 3.09. The van der Waals surface area contributed by atoms with Crippen molar-refractivity contribution in [3.63, 3.8) is 0 Å². The van der Waals surface area contributed by atoms with E-state index in [2.05, 4.69) is 40.2 Å². The van der Waals surface area contributed by atoms with Gasteiger partial charge < -0.3 is 9.88 Å². The van der Waals surface area contributed by atoms with Gasteiger partial charge in [-0.3, -0.25) is 9.59 Å². The highest BCUT2D eigenvalue weighted by atomic mass is 32.1. The van der Waals surface area contributed by atoms with Crippen molar-refractivity contribution in [2.75, 3.05) is 0 Å². The minimum atomic E-state index is -0.0695. The lowest BCUT2D eigenvalue weighted by Crippen LogP contribution is -2.29. The summed E-state index contributed by atoms with van der Waals surface area (Å²) >= 11 is 1.30. The first-order valence-corrected chi connectivity index (χ1v) is 10.3. The Hall–Kier alpha value is -2.02. The van der Waals surface area contributed by atoms with Gasteiger partial charge in [0.15, 0.2) is 5.78 Å². The Kier molecular flexibility index (Phi) is 5.51. The molecular weight excluding hydrogens is 360 g/mol. The summed E-state index contributed by atoms with van der Waals surface area (Å²) in [6.45, 7) is 11.7. The Morgan fingerprint density at radius 2 is 2.04 bits per heavy atom. The molecule has 0 fully saturated rings. The predicted molar refractivity (Wildman–Crippen MR) is 106 cm³/mol. The number of hydrogen-bond donors (Lipinski definition) is 1. The summed E-state index contributed by atoms with van der Waals surface area (Å²) in [5, 5.41) is 6.92. The van der Waals surface area contributed by atoms with E-state index in [-0.39, 0.29) is 23.5 Å². The number of Topliss-reactive ketones (excluding diaryl/α,β-unsaturated/α-hetero) is 1. The fourth-order valence-corrected chi connectivity index (χ4v) is 4.54. The molecule has 0 saturated heterocycles. The first-order valence-electron chi connectivity index (χ1n) is 9.52. The van der Waals surface area contributed by atoms with Crippen molar-refractivity contribution in [1.82, 2.24) is 19.5 Å². The van der Waals surface area contributed by atoms with Crippen LogP contribution in [0.1, 0.15) is 71.5 Å². The highest BCUT2D eigenvalue weighted by Crippen LogP contribution is 2.39. The normalized spacial score (nSPS) is 15.7. The second kappa shape index (κ2) is 7.54. The minimum Gasteiger partial charge on any atom is -0.351 e. The monoisotopic (exact) mass is 388 g/mol. The fraction of sp³-hybridized carbons (Fsp3) is 0.600. The van der Waals surface area contributed by atoms with Gasteiger partial charge in [0.1, 0.15) is 0 Å². The van der Waals surface area contributed by atoms with Gasteiger partial charge in [0.2, 0.25) is 5.91 Å². The summed E-state index contributed by atoms with van der Waals surface area (Å²) in [5.41, 5.74) is 4.68. The average molecular weight is 389 g/mol. The second-order valence-electron chi connectivity index (χ2n) is 8.21. The van der Waals surface area contributed by atoms with Crippen molar-refractivity contribution in [2.45, 2.75) is 73.4 Å². The molecule has 7 heteroatoms. The van der Waals surface area contributed by atoms with Crippen LogP contribution in [0.15, 0.2) is 0 Å². The first kappa shape index (κ1) is 19.7. The highest BCUT2D eigenvalue weighted by Gasteiger charge is 2.36. The topological polar surface area (TPSA) is 76.9 Å². The van der Waals surface area contributed by atoms with E-state index in [1.54, 1.807) is 0 Å². The van der Waals surface area contributed by atoms with E-state index in [0.29, 0.717) is 13.0 Å². The predicted octanol–water partition coefficient (Wildman–Crippen LogP) is 3.38. The maximum atomic E-state index is 12.9. The molecule has 27 heavy (non-hydrogen) atoms. The Morgan fingerprint density at radius 1 is 1.30 bits per heavy atom. The van der Waals surface area contributed by atoms with Crippen molar-refractivity contribution in [2.24, 2.45) is 5.41 Å². The molecule has 0 spiro atoms. The lowest BCUT2D eigenvalue weighted by atomic mass is 9.75. The molecule has 3 rings (SSSR count). The number of rotatable bonds is 6. The van der Waals surface area contributed by atoms with E-state index in [4.69, 9.17) is 0 Å². The Labute approximate surface area is 164 Å². The van der Waals surface area contributed by atoms with Gasteiger partial charge in [-0.25, -0.2) is 0 Å². The molecule has 0 unspecified atom stereocenters. The van der Waals surface area contributed by atoms with E-state index >= 15 is 0 Å². The number of amides is 1. The van der Waals surface area contributed by atoms with Gasteiger partial charge in [-0.05, 0) is 49.2 Å². The van der Waals surface area contributed by atoms with Gasteiger partial charge in [-0.2, -0.15) is 0 Å². The van der Waals surface area contributed by atoms with Crippen LogP contribution in [-0.4, -0.2) is 25.8 Å². The van der Waals surface area contributed by atoms with Crippen LogP contribution in [0.25, 0.3) is 0 Å². The first-order chi connectivity index (χ1) is 12.7. The van der Waals surface area contributed by atoms with Crippen LogP contribution in [0.2, 0.25) is 0 Å². The van der Waals surface area contributed by atoms with Crippen molar-refractivity contribution < 1.29 is 9.59 Å². The third-order valence-electron chi connectivity index (χ3n) is 5.30. The third-order valence-corrected chi connectivity index (χ3v) is 6.12. The summed E-state index contributed by atoms with van der Waals surface area (Å²) in [6, 6.07) is 0. The largest absolute Gasteiger partial charge is 0.351 e. The molecule has 2 aromatic rings. The van der Waals surface area contributed by atoms with Crippen molar-refractivity contribution in [3.8, 4) is 0 Å². The molecule has 0 bridgehead atoms. The number of ketones is 1. The zero-order chi connectivity index (χ0) is 19.8. The number of hydrogen-bond acceptors (Lipinski definition) is 5. The molecule has 2 heterocycles. The molecule has 0 radical (unpaired) electrons. The van der Waals surface area contributed by atoms with Crippen molar-refractivity contribution in [3.05, 3.63) is 33.1 Å². The molecular formula is C20H28N4O2S. The molecule has 0 saturated carbocycles. The van der Waals surface area contributed by atoms with E-state index < -0.39 is 0 Å². The fourth-order valence-electron chi connectivity index (χ4n) is 3.96. The van der Waals surface area contributed by atoms with Crippen LogP contribution < -0.4 is 5.32 Å². The van der Waals surface area contributed by atoms with Gasteiger partial charge >= 0.3 is 0 Å². The Balaban J connectivity index is 1.86. The van der Waals surface area contributed by atoms with Gasteiger partial charge in [-0.1, -0.05) is 25.3 Å². The maximum absolute atomic E-state index is 12.9. The van der Waals surface area contributed by atoms with E-state index in [1.807, 2.05) is 13.8 Å². The number of aryl methyl sites for hydroxylation is 1. The van der Waals surface area contributed by atoms with Crippen LogP contribution in [0.4, 0.5) is 0 Å². The summed E-state index contributed by atoms with van der Waals surface area (Å²) in [5.74, 6) is 0.101. The molecule has 1 aliphatic carbocycles. The van der Waals surface area contributed by atoms with Crippen LogP contribution in [0.3, 0.4) is 0 Å². The van der Waals surface area contributed by atoms with Crippen molar-refractivity contribution in [1.29, 1.82) is 0 Å². The molecule has 0 aliphatic heterocycles. The molecule has 1 amide bonds. The Bertz CT molecular complexity index is 879. The number of fused-ring (bicyclic) bond motifs is 1. The molecule has 6 nitrogen and oxygen atoms in total. The molecule has 0 aromatic carbocycles. The Morgan fingerprint density at radius 3 is 2.67 bits per heavy atom. The van der Waals surface area contributed by atoms with Crippen LogP contribution in [0.5, 0.6) is 0 Å². The number of aromatic nitrogens is 3. The zero-order valence-corrected chi connectivity index (χ0v) is 17.6. The highest BCUT2D eigenvalue weighted by molar-refractivity contribution is 7.05. The van der Waals surface area contributed by atoms with Crippen LogP contribution in [0, 0.1) is 19.3 Å². The summed E-state index contributed by atoms with van der Waals surface area (Å²) in [6.07, 6.45) is 2.65. The lowest BCUT2D eigenvalue weighted by molar-refractivity contribution is -0.120. The zero-order valence-electron chi connectivity index (χ0n) is 16.8. The second-order valence-corrected chi connectivity index (χ2v) is 9.05. The van der Waals surface area contributed by atoms with E-state index in [1.165, 1.54) is 11.5 Å². The molecule has 146 valence electrons. The molecule has 0 atom stereocenters. The summed E-state index contributed by atoms with van der Waals surface area (Å²) < 4.78 is 6.15. The van der Waals surface area contributed by atoms with Gasteiger partial charge in [-0.15, -0.1) is 5.10 Å². The van der Waals surface area contributed by atoms with Crippen molar-refractivity contribution >= 4 is 23.2 Å². The lowest BCUT2D eigenvalue weighted by Gasteiger charge is -2.30. The standard InChI is InChI=1S/C20H28N4O2S/c1-6-7-24-13(3)14(19-15(24)9-20(4,5)10-16(19)25)8-18(26)21-11-17-12(2)22-23-27-17/h6-11H2,1-5H3,(H,21,26). The van der Waals surface area contributed by atoms with Crippen LogP contribution in [-0.2, 0) is 30.7 Å². The minimum absolute atomic E-state index is 0.0312.